The molecule has 7 heteroatoms. The van der Waals surface area contributed by atoms with E-state index in [1.807, 2.05) is 11.8 Å². The molecule has 35 heavy (non-hydrogen) atoms. The number of rotatable bonds is 3. The van der Waals surface area contributed by atoms with Gasteiger partial charge in [0.15, 0.2) is 0 Å². The molecule has 3 aromatic rings. The zero-order valence-electron chi connectivity index (χ0n) is 20.8. The highest BCUT2D eigenvalue weighted by molar-refractivity contribution is 5.97. The van der Waals surface area contributed by atoms with Gasteiger partial charge in [0.2, 0.25) is 5.91 Å². The summed E-state index contributed by atoms with van der Waals surface area (Å²) >= 11 is 0. The summed E-state index contributed by atoms with van der Waals surface area (Å²) in [4.78, 5) is 28.3. The van der Waals surface area contributed by atoms with Crippen molar-refractivity contribution in [1.82, 2.24) is 14.9 Å². The lowest BCUT2D eigenvalue weighted by Gasteiger charge is -2.38. The number of aromatic nitrogens is 2. The molecule has 0 aliphatic carbocycles. The number of nitrogens with zero attached hydrogens (tertiary/aromatic N) is 6. The number of carbonyl (C=O) groups excluding carboxylic acids is 1. The van der Waals surface area contributed by atoms with E-state index in [0.29, 0.717) is 13.1 Å². The summed E-state index contributed by atoms with van der Waals surface area (Å²) in [7, 11) is 0. The second-order valence-electron chi connectivity index (χ2n) is 8.88. The van der Waals surface area contributed by atoms with Crippen LogP contribution in [-0.2, 0) is 17.8 Å². The minimum absolute atomic E-state index is 0.00608. The van der Waals surface area contributed by atoms with Crippen LogP contribution >= 0.6 is 0 Å². The maximum Gasteiger partial charge on any atom is 0.246 e. The highest BCUT2D eigenvalue weighted by Gasteiger charge is 2.28. The third-order valence-electron chi connectivity index (χ3n) is 6.65. The Kier molecular flexibility index (Phi) is 7.31. The number of piperazine rings is 1. The van der Waals surface area contributed by atoms with Gasteiger partial charge in [-0.15, -0.1) is 0 Å². The molecular weight excluding hydrogens is 436 g/mol. The Morgan fingerprint density at radius 2 is 1.71 bits per heavy atom. The van der Waals surface area contributed by atoms with E-state index in [1.165, 1.54) is 40.6 Å². The maximum absolute atomic E-state index is 11.9. The molecule has 180 valence electrons. The van der Waals surface area contributed by atoms with Crippen molar-refractivity contribution in [2.45, 2.75) is 33.7 Å². The fourth-order valence-corrected chi connectivity index (χ4v) is 5.04. The number of hydrogen-bond donors (Lipinski definition) is 0. The number of anilines is 2. The van der Waals surface area contributed by atoms with Crippen LogP contribution in [0.2, 0.25) is 0 Å². The van der Waals surface area contributed by atoms with Gasteiger partial charge in [0.1, 0.15) is 11.6 Å². The lowest BCUT2D eigenvalue weighted by Crippen LogP contribution is -2.49. The largest absolute Gasteiger partial charge is 0.365 e. The first kappa shape index (κ1) is 24.2. The molecular formula is C28H32N6O. The van der Waals surface area contributed by atoms with Gasteiger partial charge in [-0.3, -0.25) is 4.79 Å². The minimum atomic E-state index is 0.00608. The molecule has 1 saturated heterocycles. The maximum atomic E-state index is 11.9. The number of aryl methyl sites for hydroxylation is 2. The van der Waals surface area contributed by atoms with Crippen LogP contribution in [0.15, 0.2) is 49.1 Å². The van der Waals surface area contributed by atoms with Gasteiger partial charge in [-0.1, -0.05) is 36.9 Å². The average Bonchev–Trinajstić information content (AvgIpc) is 2.88. The Morgan fingerprint density at radius 1 is 1.03 bits per heavy atom. The molecule has 7 nitrogen and oxygen atoms in total. The molecule has 1 fully saturated rings. The van der Waals surface area contributed by atoms with Gasteiger partial charge in [0, 0.05) is 56.3 Å². The molecule has 1 aromatic heterocycles. The fraction of sp³-hybridized carbons (Fsp3) is 0.357. The summed E-state index contributed by atoms with van der Waals surface area (Å²) in [6, 6.07) is 14.8. The number of benzene rings is 2. The van der Waals surface area contributed by atoms with E-state index in [1.54, 1.807) is 6.07 Å². The summed E-state index contributed by atoms with van der Waals surface area (Å²) in [6.07, 6.45) is 2.31. The Bertz CT molecular complexity index is 1280. The SMILES string of the molecule is C=CC(=O)N1CCN(c2nc(C)nc3c2CCN(c2cccc4cccc(C)c24)C3)CC1.CC#N. The van der Waals surface area contributed by atoms with Crippen molar-refractivity contribution in [3.05, 3.63) is 71.7 Å². The number of hydrogen-bond acceptors (Lipinski definition) is 6. The normalized spacial score (nSPS) is 15.1. The predicted octanol–water partition coefficient (Wildman–Crippen LogP) is 4.17. The zero-order valence-corrected chi connectivity index (χ0v) is 20.8. The van der Waals surface area contributed by atoms with Crippen LogP contribution in [0, 0.1) is 25.2 Å². The van der Waals surface area contributed by atoms with Crippen LogP contribution in [0.4, 0.5) is 11.5 Å². The number of amides is 1. The zero-order chi connectivity index (χ0) is 24.9. The average molecular weight is 469 g/mol. The van der Waals surface area contributed by atoms with E-state index in [0.717, 1.165) is 49.9 Å². The molecule has 0 saturated carbocycles. The summed E-state index contributed by atoms with van der Waals surface area (Å²) in [5, 5.41) is 9.92. The van der Waals surface area contributed by atoms with Crippen molar-refractivity contribution >= 4 is 28.2 Å². The topological polar surface area (TPSA) is 76.4 Å². The molecule has 2 aliphatic heterocycles. The van der Waals surface area contributed by atoms with Gasteiger partial charge in [-0.25, -0.2) is 9.97 Å². The lowest BCUT2D eigenvalue weighted by atomic mass is 9.99. The van der Waals surface area contributed by atoms with Crippen LogP contribution in [0.5, 0.6) is 0 Å². The van der Waals surface area contributed by atoms with Crippen molar-refractivity contribution in [3.8, 4) is 6.07 Å². The van der Waals surface area contributed by atoms with Gasteiger partial charge >= 0.3 is 0 Å². The standard InChI is InChI=1S/C26H29N5O.C2H3N/c1-4-24(32)29-13-15-30(16-14-29)26-21-11-12-31(17-22(21)27-19(3)28-26)23-10-6-9-20-8-5-7-18(2)25(20)23;1-2-3/h4-10H,1,11-17H2,2-3H3;1H3. The van der Waals surface area contributed by atoms with Crippen molar-refractivity contribution in [1.29, 1.82) is 5.26 Å². The Labute approximate surface area is 207 Å². The predicted molar refractivity (Wildman–Crippen MR) is 140 cm³/mol. The monoisotopic (exact) mass is 468 g/mol. The smallest absolute Gasteiger partial charge is 0.246 e. The molecule has 2 aliphatic rings. The minimum Gasteiger partial charge on any atom is -0.365 e. The Morgan fingerprint density at radius 3 is 2.40 bits per heavy atom. The van der Waals surface area contributed by atoms with E-state index in [9.17, 15) is 4.79 Å². The van der Waals surface area contributed by atoms with Crippen molar-refractivity contribution in [2.75, 3.05) is 42.5 Å². The third-order valence-corrected chi connectivity index (χ3v) is 6.65. The second-order valence-corrected chi connectivity index (χ2v) is 8.88. The highest BCUT2D eigenvalue weighted by Crippen LogP contribution is 2.34. The molecule has 0 N–H and O–H groups in total. The summed E-state index contributed by atoms with van der Waals surface area (Å²) in [6.45, 7) is 13.9. The molecule has 2 aromatic carbocycles. The third kappa shape index (κ3) is 4.97. The van der Waals surface area contributed by atoms with Gasteiger partial charge in [0.05, 0.1) is 18.3 Å². The molecule has 0 spiro atoms. The molecule has 1 amide bonds. The van der Waals surface area contributed by atoms with Gasteiger partial charge in [0.25, 0.3) is 0 Å². The van der Waals surface area contributed by atoms with Crippen molar-refractivity contribution < 1.29 is 4.79 Å². The highest BCUT2D eigenvalue weighted by atomic mass is 16.2. The molecule has 5 rings (SSSR count). The van der Waals surface area contributed by atoms with Crippen LogP contribution in [0.3, 0.4) is 0 Å². The van der Waals surface area contributed by atoms with Gasteiger partial charge < -0.3 is 14.7 Å². The first-order valence-corrected chi connectivity index (χ1v) is 12.0. The number of carbonyl (C=O) groups is 1. The summed E-state index contributed by atoms with van der Waals surface area (Å²) in [5.41, 5.74) is 4.96. The molecule has 3 heterocycles. The number of nitriles is 1. The fourth-order valence-electron chi connectivity index (χ4n) is 5.04. The molecule has 0 bridgehead atoms. The van der Waals surface area contributed by atoms with Crippen LogP contribution < -0.4 is 9.80 Å². The quantitative estimate of drug-likeness (QED) is 0.537. The first-order chi connectivity index (χ1) is 17.0. The molecule has 0 radical (unpaired) electrons. The van der Waals surface area contributed by atoms with Crippen molar-refractivity contribution in [2.24, 2.45) is 0 Å². The number of fused-ring (bicyclic) bond motifs is 2. The van der Waals surface area contributed by atoms with Crippen LogP contribution in [0.1, 0.15) is 29.6 Å². The Hall–Kier alpha value is -3.92. The Balaban J connectivity index is 0.000000917. The van der Waals surface area contributed by atoms with E-state index in [-0.39, 0.29) is 5.91 Å². The lowest BCUT2D eigenvalue weighted by molar-refractivity contribution is -0.126. The van der Waals surface area contributed by atoms with E-state index in [4.69, 9.17) is 15.2 Å². The van der Waals surface area contributed by atoms with Crippen molar-refractivity contribution in [3.63, 3.8) is 0 Å². The van der Waals surface area contributed by atoms with Crippen LogP contribution in [0.25, 0.3) is 10.8 Å². The molecule has 0 unspecified atom stereocenters. The van der Waals surface area contributed by atoms with E-state index in [2.05, 4.69) is 59.7 Å². The molecule has 0 atom stereocenters. The summed E-state index contributed by atoms with van der Waals surface area (Å²) < 4.78 is 0. The van der Waals surface area contributed by atoms with Gasteiger partial charge in [-0.05, 0) is 43.4 Å². The van der Waals surface area contributed by atoms with Crippen LogP contribution in [-0.4, -0.2) is 53.5 Å². The first-order valence-electron chi connectivity index (χ1n) is 12.0. The second kappa shape index (κ2) is 10.6. The van der Waals surface area contributed by atoms with E-state index < -0.39 is 0 Å². The summed E-state index contributed by atoms with van der Waals surface area (Å²) in [5.74, 6) is 1.86. The van der Waals surface area contributed by atoms with Gasteiger partial charge in [-0.2, -0.15) is 5.26 Å². The van der Waals surface area contributed by atoms with E-state index >= 15 is 0 Å².